The standard InChI is InChI=1S/C16H22N2O/c1-10-3-4-11(2)15(7-10)16(19)18-14-8-12-5-6-13(9-14)17-12/h3-4,7,12-14,17H,5-6,8-9H2,1-2H3,(H,18,19). The molecule has 2 heterocycles. The Morgan fingerprint density at radius 2 is 1.89 bits per heavy atom. The molecule has 2 aliphatic rings. The number of carbonyl (C=O) groups is 1. The lowest BCUT2D eigenvalue weighted by atomic mass is 9.98. The quantitative estimate of drug-likeness (QED) is 0.854. The average molecular weight is 258 g/mol. The molecule has 1 amide bonds. The Hall–Kier alpha value is -1.35. The van der Waals surface area contributed by atoms with Crippen molar-refractivity contribution in [1.82, 2.24) is 10.6 Å². The number of nitrogens with one attached hydrogen (secondary N) is 2. The van der Waals surface area contributed by atoms with Gasteiger partial charge in [0.15, 0.2) is 0 Å². The van der Waals surface area contributed by atoms with Crippen LogP contribution in [0.4, 0.5) is 0 Å². The van der Waals surface area contributed by atoms with E-state index in [2.05, 4.69) is 16.7 Å². The number of hydrogen-bond acceptors (Lipinski definition) is 2. The highest BCUT2D eigenvalue weighted by molar-refractivity contribution is 5.96. The van der Waals surface area contributed by atoms with Crippen molar-refractivity contribution >= 4 is 5.91 Å². The van der Waals surface area contributed by atoms with Crippen LogP contribution >= 0.6 is 0 Å². The van der Waals surface area contributed by atoms with Gasteiger partial charge in [0, 0.05) is 23.7 Å². The Morgan fingerprint density at radius 1 is 1.21 bits per heavy atom. The van der Waals surface area contributed by atoms with Gasteiger partial charge in [0.05, 0.1) is 0 Å². The Labute approximate surface area is 114 Å². The predicted octanol–water partition coefficient (Wildman–Crippen LogP) is 2.32. The number of hydrogen-bond donors (Lipinski definition) is 2. The van der Waals surface area contributed by atoms with Crippen LogP contribution in [0.2, 0.25) is 0 Å². The summed E-state index contributed by atoms with van der Waals surface area (Å²) in [6.07, 6.45) is 4.68. The molecule has 2 atom stereocenters. The SMILES string of the molecule is Cc1ccc(C)c(C(=O)NC2CC3CCC(C2)N3)c1. The van der Waals surface area contributed by atoms with Gasteiger partial charge in [-0.2, -0.15) is 0 Å². The van der Waals surface area contributed by atoms with Gasteiger partial charge in [-0.1, -0.05) is 17.7 Å². The fourth-order valence-electron chi connectivity index (χ4n) is 3.42. The van der Waals surface area contributed by atoms with Crippen molar-refractivity contribution < 1.29 is 4.79 Å². The molecule has 2 fully saturated rings. The summed E-state index contributed by atoms with van der Waals surface area (Å²) < 4.78 is 0. The molecule has 102 valence electrons. The molecule has 19 heavy (non-hydrogen) atoms. The van der Waals surface area contributed by atoms with Crippen LogP contribution < -0.4 is 10.6 Å². The van der Waals surface area contributed by atoms with Crippen LogP contribution in [0.25, 0.3) is 0 Å². The first-order valence-electron chi connectivity index (χ1n) is 7.26. The molecule has 3 nitrogen and oxygen atoms in total. The first kappa shape index (κ1) is 12.7. The summed E-state index contributed by atoms with van der Waals surface area (Å²) in [7, 11) is 0. The predicted molar refractivity (Wildman–Crippen MR) is 76.3 cm³/mol. The van der Waals surface area contributed by atoms with E-state index in [1.165, 1.54) is 12.8 Å². The second kappa shape index (κ2) is 4.97. The summed E-state index contributed by atoms with van der Waals surface area (Å²) >= 11 is 0. The number of piperidine rings is 1. The van der Waals surface area contributed by atoms with Crippen molar-refractivity contribution in [2.24, 2.45) is 0 Å². The van der Waals surface area contributed by atoms with Gasteiger partial charge in [0.1, 0.15) is 0 Å². The molecule has 0 aromatic heterocycles. The molecule has 0 spiro atoms. The van der Waals surface area contributed by atoms with Crippen LogP contribution in [0.3, 0.4) is 0 Å². The van der Waals surface area contributed by atoms with E-state index in [9.17, 15) is 4.79 Å². The molecular formula is C16H22N2O. The first-order valence-corrected chi connectivity index (χ1v) is 7.26. The van der Waals surface area contributed by atoms with Gasteiger partial charge in [-0.15, -0.1) is 0 Å². The average Bonchev–Trinajstić information content (AvgIpc) is 2.71. The minimum absolute atomic E-state index is 0.0903. The minimum atomic E-state index is 0.0903. The second-order valence-electron chi connectivity index (χ2n) is 6.10. The number of carbonyl (C=O) groups excluding carboxylic acids is 1. The third-order valence-electron chi connectivity index (χ3n) is 4.45. The molecule has 3 rings (SSSR count). The van der Waals surface area contributed by atoms with E-state index in [0.29, 0.717) is 18.1 Å². The van der Waals surface area contributed by atoms with Gasteiger partial charge in [-0.25, -0.2) is 0 Å². The fourth-order valence-corrected chi connectivity index (χ4v) is 3.42. The van der Waals surface area contributed by atoms with Crippen LogP contribution in [0.15, 0.2) is 18.2 Å². The van der Waals surface area contributed by atoms with Crippen LogP contribution in [-0.2, 0) is 0 Å². The summed E-state index contributed by atoms with van der Waals surface area (Å²) in [5, 5.41) is 6.83. The normalized spacial score (nSPS) is 29.3. The lowest BCUT2D eigenvalue weighted by Crippen LogP contribution is -2.48. The fraction of sp³-hybridized carbons (Fsp3) is 0.562. The van der Waals surface area contributed by atoms with Gasteiger partial charge in [0.2, 0.25) is 0 Å². The molecule has 3 heteroatoms. The van der Waals surface area contributed by atoms with Crippen LogP contribution in [0.1, 0.15) is 47.2 Å². The highest BCUT2D eigenvalue weighted by Gasteiger charge is 2.34. The third-order valence-corrected chi connectivity index (χ3v) is 4.45. The monoisotopic (exact) mass is 258 g/mol. The summed E-state index contributed by atoms with van der Waals surface area (Å²) in [6, 6.07) is 7.63. The van der Waals surface area contributed by atoms with Gasteiger partial charge in [0.25, 0.3) is 5.91 Å². The van der Waals surface area contributed by atoms with E-state index in [1.807, 2.05) is 26.0 Å². The number of fused-ring (bicyclic) bond motifs is 2. The van der Waals surface area contributed by atoms with Crippen molar-refractivity contribution in [3.63, 3.8) is 0 Å². The molecule has 2 aliphatic heterocycles. The highest BCUT2D eigenvalue weighted by atomic mass is 16.1. The lowest BCUT2D eigenvalue weighted by Gasteiger charge is -2.29. The minimum Gasteiger partial charge on any atom is -0.349 e. The maximum absolute atomic E-state index is 12.4. The Balaban J connectivity index is 1.69. The number of amides is 1. The summed E-state index contributed by atoms with van der Waals surface area (Å²) in [5.74, 6) is 0.0903. The van der Waals surface area contributed by atoms with E-state index in [1.54, 1.807) is 0 Å². The van der Waals surface area contributed by atoms with Gasteiger partial charge < -0.3 is 10.6 Å². The van der Waals surface area contributed by atoms with E-state index in [-0.39, 0.29) is 5.91 Å². The lowest BCUT2D eigenvalue weighted by molar-refractivity contribution is 0.0923. The summed E-state index contributed by atoms with van der Waals surface area (Å²) in [5.41, 5.74) is 3.02. The summed E-state index contributed by atoms with van der Waals surface area (Å²) in [4.78, 5) is 12.4. The molecule has 0 radical (unpaired) electrons. The maximum Gasteiger partial charge on any atom is 0.251 e. The first-order chi connectivity index (χ1) is 9.11. The zero-order valence-electron chi connectivity index (χ0n) is 11.7. The topological polar surface area (TPSA) is 41.1 Å². The Kier molecular flexibility index (Phi) is 3.31. The molecule has 2 N–H and O–H groups in total. The zero-order valence-corrected chi connectivity index (χ0v) is 11.7. The molecule has 0 saturated carbocycles. The van der Waals surface area contributed by atoms with E-state index < -0.39 is 0 Å². The van der Waals surface area contributed by atoms with Crippen LogP contribution in [0, 0.1) is 13.8 Å². The van der Waals surface area contributed by atoms with Gasteiger partial charge in [-0.05, 0) is 51.2 Å². The smallest absolute Gasteiger partial charge is 0.251 e. The van der Waals surface area contributed by atoms with Crippen LogP contribution in [-0.4, -0.2) is 24.0 Å². The Bertz CT molecular complexity index is 486. The summed E-state index contributed by atoms with van der Waals surface area (Å²) in [6.45, 7) is 4.03. The number of benzene rings is 1. The number of aryl methyl sites for hydroxylation is 2. The molecule has 2 unspecified atom stereocenters. The number of rotatable bonds is 2. The van der Waals surface area contributed by atoms with E-state index >= 15 is 0 Å². The Morgan fingerprint density at radius 3 is 2.58 bits per heavy atom. The highest BCUT2D eigenvalue weighted by Crippen LogP contribution is 2.27. The molecule has 1 aromatic carbocycles. The molecule has 1 aromatic rings. The molecule has 2 bridgehead atoms. The van der Waals surface area contributed by atoms with Crippen molar-refractivity contribution in [2.75, 3.05) is 0 Å². The van der Waals surface area contributed by atoms with Crippen molar-refractivity contribution in [3.8, 4) is 0 Å². The van der Waals surface area contributed by atoms with Crippen molar-refractivity contribution in [2.45, 2.75) is 57.7 Å². The van der Waals surface area contributed by atoms with Crippen molar-refractivity contribution in [1.29, 1.82) is 0 Å². The van der Waals surface area contributed by atoms with E-state index in [4.69, 9.17) is 0 Å². The van der Waals surface area contributed by atoms with Gasteiger partial charge >= 0.3 is 0 Å². The third kappa shape index (κ3) is 2.66. The molecular weight excluding hydrogens is 236 g/mol. The molecule has 2 saturated heterocycles. The van der Waals surface area contributed by atoms with Crippen LogP contribution in [0.5, 0.6) is 0 Å². The van der Waals surface area contributed by atoms with E-state index in [0.717, 1.165) is 29.5 Å². The van der Waals surface area contributed by atoms with Crippen molar-refractivity contribution in [3.05, 3.63) is 34.9 Å². The molecule has 0 aliphatic carbocycles. The maximum atomic E-state index is 12.4. The largest absolute Gasteiger partial charge is 0.349 e. The van der Waals surface area contributed by atoms with Gasteiger partial charge in [-0.3, -0.25) is 4.79 Å². The second-order valence-corrected chi connectivity index (χ2v) is 6.10. The zero-order chi connectivity index (χ0) is 13.4.